The van der Waals surface area contributed by atoms with Gasteiger partial charge in [0.2, 0.25) is 16.0 Å². The third-order valence-corrected chi connectivity index (χ3v) is 6.74. The maximum Gasteiger partial charge on any atom is 0.404 e. The van der Waals surface area contributed by atoms with Crippen molar-refractivity contribution in [2.75, 3.05) is 0 Å². The second kappa shape index (κ2) is 9.91. The number of halogens is 6. The number of aromatic nitrogens is 4. The molecule has 4 rings (SSSR count). The Morgan fingerprint density at radius 1 is 1.13 bits per heavy atom. The van der Waals surface area contributed by atoms with Crippen molar-refractivity contribution < 1.29 is 39.5 Å². The summed E-state index contributed by atoms with van der Waals surface area (Å²) in [7, 11) is -4.63. The summed E-state index contributed by atoms with van der Waals surface area (Å²) in [6.07, 6.45) is -1.40. The molecule has 198 valence electrons. The molecule has 4 aromatic rings. The number of alkyl halides is 5. The van der Waals surface area contributed by atoms with Crippen LogP contribution in [0.25, 0.3) is 28.2 Å². The minimum Gasteiger partial charge on any atom is -0.432 e. The summed E-state index contributed by atoms with van der Waals surface area (Å²) in [5, 5.41) is 9.84. The van der Waals surface area contributed by atoms with Crippen molar-refractivity contribution in [2.45, 2.75) is 30.6 Å². The van der Waals surface area contributed by atoms with E-state index in [0.29, 0.717) is 6.92 Å². The van der Waals surface area contributed by atoms with E-state index in [2.05, 4.69) is 19.7 Å². The second-order valence-corrected chi connectivity index (χ2v) is 9.38. The molecule has 0 spiro atoms. The molecule has 0 aliphatic heterocycles. The third kappa shape index (κ3) is 5.10. The van der Waals surface area contributed by atoms with Crippen LogP contribution in [0.2, 0.25) is 0 Å². The Morgan fingerprint density at radius 2 is 1.82 bits per heavy atom. The Hall–Kier alpha value is -4.23. The Morgan fingerprint density at radius 3 is 2.37 bits per heavy atom. The molecule has 9 nitrogen and oxygen atoms in total. The van der Waals surface area contributed by atoms with Gasteiger partial charge in [0.1, 0.15) is 17.0 Å². The highest BCUT2D eigenvalue weighted by Gasteiger charge is 2.39. The molecule has 0 aliphatic carbocycles. The maximum absolute atomic E-state index is 14.5. The number of hydrogen-bond acceptors (Lipinski definition) is 7. The Labute approximate surface area is 210 Å². The molecule has 0 aliphatic rings. The lowest BCUT2D eigenvalue weighted by atomic mass is 10.1. The van der Waals surface area contributed by atoms with Crippen LogP contribution >= 0.6 is 0 Å². The molecule has 0 saturated carbocycles. The molecule has 0 amide bonds. The van der Waals surface area contributed by atoms with Gasteiger partial charge in [-0.3, -0.25) is 9.55 Å². The zero-order valence-corrected chi connectivity index (χ0v) is 19.7. The summed E-state index contributed by atoms with van der Waals surface area (Å²) >= 11 is 0. The zero-order valence-electron chi connectivity index (χ0n) is 18.9. The smallest absolute Gasteiger partial charge is 0.404 e. The predicted octanol–water partition coefficient (Wildman–Crippen LogP) is 4.32. The SMILES string of the molecule is CC(NS(=O)(=O)c1ccc(-c2c(C#N)c3cc(F)c(OC(F)F)cc3n2-c2ncccn2)nc1)C(F)(F)F. The average Bonchev–Trinajstić information content (AvgIpc) is 3.16. The highest BCUT2D eigenvalue weighted by atomic mass is 32.2. The molecule has 3 heterocycles. The van der Waals surface area contributed by atoms with Crippen molar-refractivity contribution >= 4 is 20.9 Å². The van der Waals surface area contributed by atoms with Crippen LogP contribution in [-0.4, -0.2) is 46.8 Å². The van der Waals surface area contributed by atoms with Gasteiger partial charge in [0.25, 0.3) is 0 Å². The van der Waals surface area contributed by atoms with Gasteiger partial charge in [-0.2, -0.15) is 31.9 Å². The topological polar surface area (TPSA) is 123 Å². The van der Waals surface area contributed by atoms with E-state index in [1.165, 1.54) is 27.7 Å². The number of ether oxygens (including phenoxy) is 1. The van der Waals surface area contributed by atoms with Crippen LogP contribution in [0.3, 0.4) is 0 Å². The van der Waals surface area contributed by atoms with Crippen LogP contribution in [0.1, 0.15) is 12.5 Å². The number of pyridine rings is 1. The molecule has 0 bridgehead atoms. The summed E-state index contributed by atoms with van der Waals surface area (Å²) in [6, 6.07) is 4.74. The first-order chi connectivity index (χ1) is 17.8. The van der Waals surface area contributed by atoms with E-state index in [1.807, 2.05) is 6.07 Å². The van der Waals surface area contributed by atoms with Gasteiger partial charge in [-0.25, -0.2) is 22.8 Å². The standard InChI is InChI=1S/C22H14F6N6O3S/c1-11(22(26,27)28)33-38(35,36)12-3-4-16(32-10-12)19-14(9-29)13-7-15(23)18(37-20(24)25)8-17(13)34(19)21-30-5-2-6-31-21/h2-8,10-11,20,33H,1H3. The lowest BCUT2D eigenvalue weighted by Gasteiger charge is -2.17. The Bertz CT molecular complexity index is 1640. The maximum atomic E-state index is 14.5. The quantitative estimate of drug-likeness (QED) is 0.336. The van der Waals surface area contributed by atoms with Crippen LogP contribution in [0.5, 0.6) is 5.75 Å². The van der Waals surface area contributed by atoms with E-state index in [-0.39, 0.29) is 33.8 Å². The summed E-state index contributed by atoms with van der Waals surface area (Å²) in [4.78, 5) is 11.5. The summed E-state index contributed by atoms with van der Waals surface area (Å²) in [6.45, 7) is -2.72. The number of nitrogens with zero attached hydrogens (tertiary/aromatic N) is 5. The van der Waals surface area contributed by atoms with Gasteiger partial charge in [-0.05, 0) is 31.2 Å². The van der Waals surface area contributed by atoms with Crippen LogP contribution in [0.4, 0.5) is 26.3 Å². The Balaban J connectivity index is 1.92. The minimum absolute atomic E-state index is 0.0148. The van der Waals surface area contributed by atoms with E-state index in [1.54, 1.807) is 0 Å². The second-order valence-electron chi connectivity index (χ2n) is 7.66. The third-order valence-electron chi connectivity index (χ3n) is 5.21. The summed E-state index contributed by atoms with van der Waals surface area (Å²) in [5.74, 6) is -2.09. The molecule has 0 radical (unpaired) electrons. The van der Waals surface area contributed by atoms with Gasteiger partial charge < -0.3 is 4.74 Å². The fourth-order valence-electron chi connectivity index (χ4n) is 3.49. The van der Waals surface area contributed by atoms with Gasteiger partial charge in [0, 0.05) is 30.0 Å². The number of nitriles is 1. The molecule has 1 unspecified atom stereocenters. The first kappa shape index (κ1) is 26.8. The zero-order chi connectivity index (χ0) is 27.8. The molecule has 0 saturated heterocycles. The van der Waals surface area contributed by atoms with E-state index in [4.69, 9.17) is 0 Å². The van der Waals surface area contributed by atoms with E-state index < -0.39 is 45.3 Å². The lowest BCUT2D eigenvalue weighted by Crippen LogP contribution is -2.42. The number of fused-ring (bicyclic) bond motifs is 1. The fraction of sp³-hybridized carbons (Fsp3) is 0.182. The molecule has 16 heteroatoms. The van der Waals surface area contributed by atoms with Gasteiger partial charge in [-0.15, -0.1) is 0 Å². The predicted molar refractivity (Wildman–Crippen MR) is 119 cm³/mol. The van der Waals surface area contributed by atoms with E-state index >= 15 is 0 Å². The van der Waals surface area contributed by atoms with E-state index in [0.717, 1.165) is 30.5 Å². The van der Waals surface area contributed by atoms with Crippen molar-refractivity contribution in [3.05, 3.63) is 60.3 Å². The molecule has 1 N–H and O–H groups in total. The molecule has 0 fully saturated rings. The number of sulfonamides is 1. The molecule has 38 heavy (non-hydrogen) atoms. The number of rotatable bonds is 7. The number of benzene rings is 1. The van der Waals surface area contributed by atoms with Gasteiger partial charge in [0.05, 0.1) is 22.5 Å². The lowest BCUT2D eigenvalue weighted by molar-refractivity contribution is -0.147. The summed E-state index contributed by atoms with van der Waals surface area (Å²) in [5.41, 5.74) is -0.353. The van der Waals surface area contributed by atoms with Gasteiger partial charge >= 0.3 is 12.8 Å². The van der Waals surface area contributed by atoms with Crippen molar-refractivity contribution in [1.29, 1.82) is 5.26 Å². The van der Waals surface area contributed by atoms with Crippen molar-refractivity contribution in [2.24, 2.45) is 0 Å². The average molecular weight is 556 g/mol. The van der Waals surface area contributed by atoms with Crippen LogP contribution in [-0.2, 0) is 10.0 Å². The fourth-order valence-corrected chi connectivity index (χ4v) is 4.66. The highest BCUT2D eigenvalue weighted by Crippen LogP contribution is 2.38. The number of hydrogen-bond donors (Lipinski definition) is 1. The first-order valence-electron chi connectivity index (χ1n) is 10.4. The molecular weight excluding hydrogens is 542 g/mol. The van der Waals surface area contributed by atoms with E-state index in [9.17, 15) is 40.0 Å². The molecule has 3 aromatic heterocycles. The van der Waals surface area contributed by atoms with Crippen LogP contribution in [0.15, 0.2) is 53.8 Å². The number of nitrogens with one attached hydrogen (secondary N) is 1. The van der Waals surface area contributed by atoms with Gasteiger partial charge in [0.15, 0.2) is 11.6 Å². The molecule has 1 atom stereocenters. The molecular formula is C22H14F6N6O3S. The summed E-state index contributed by atoms with van der Waals surface area (Å²) < 4.78 is 110. The van der Waals surface area contributed by atoms with Gasteiger partial charge in [-0.1, -0.05) is 0 Å². The monoisotopic (exact) mass is 556 g/mol. The molecule has 1 aromatic carbocycles. The minimum atomic E-state index is -4.83. The van der Waals surface area contributed by atoms with Crippen molar-refractivity contribution in [1.82, 2.24) is 24.2 Å². The first-order valence-corrected chi connectivity index (χ1v) is 11.9. The highest BCUT2D eigenvalue weighted by molar-refractivity contribution is 7.89. The normalized spacial score (nSPS) is 13.0. The van der Waals surface area contributed by atoms with Crippen LogP contribution < -0.4 is 9.46 Å². The van der Waals surface area contributed by atoms with Crippen molar-refractivity contribution in [3.8, 4) is 29.2 Å². The van der Waals surface area contributed by atoms with Crippen molar-refractivity contribution in [3.63, 3.8) is 0 Å². The largest absolute Gasteiger partial charge is 0.432 e. The van der Waals surface area contributed by atoms with Crippen LogP contribution in [0, 0.1) is 17.1 Å². The Kier molecular flexibility index (Phi) is 7.00.